The van der Waals surface area contributed by atoms with Crippen molar-refractivity contribution in [1.29, 1.82) is 0 Å². The molecule has 6 heteroatoms. The summed E-state index contributed by atoms with van der Waals surface area (Å²) in [7, 11) is 0. The second-order valence-electron chi connectivity index (χ2n) is 5.13. The Bertz CT molecular complexity index is 673. The molecule has 0 unspecified atom stereocenters. The van der Waals surface area contributed by atoms with Crippen molar-refractivity contribution >= 4 is 28.8 Å². The number of aliphatic imine (C=N–C) groups is 1. The maximum absolute atomic E-state index is 5.95. The van der Waals surface area contributed by atoms with Gasteiger partial charge in [0.05, 0.1) is 17.8 Å². The lowest BCUT2D eigenvalue weighted by Gasteiger charge is -2.40. The number of ether oxygens (including phenoxy) is 1. The van der Waals surface area contributed by atoms with Crippen molar-refractivity contribution in [2.45, 2.75) is 18.4 Å². The number of fused-ring (bicyclic) bond motifs is 4. The molecule has 4 rings (SSSR count). The van der Waals surface area contributed by atoms with Crippen LogP contribution in [0.5, 0.6) is 0 Å². The molecule has 0 bridgehead atoms. The predicted octanol–water partition coefficient (Wildman–Crippen LogP) is 2.02. The van der Waals surface area contributed by atoms with Crippen LogP contribution in [0, 0.1) is 0 Å². The molecule has 0 saturated carbocycles. The average molecular weight is 277 g/mol. The Balaban J connectivity index is 2.00. The molecular formula is C13H13ClN4O. The molecule has 2 aliphatic heterocycles. The number of aromatic nitrogens is 3. The van der Waals surface area contributed by atoms with Gasteiger partial charge in [-0.05, 0) is 30.5 Å². The highest BCUT2D eigenvalue weighted by Gasteiger charge is 2.38. The number of hydrogen-bond acceptors (Lipinski definition) is 4. The zero-order valence-corrected chi connectivity index (χ0v) is 11.1. The first-order chi connectivity index (χ1) is 9.28. The molecule has 1 fully saturated rings. The van der Waals surface area contributed by atoms with Crippen LogP contribution in [0.15, 0.2) is 17.3 Å². The van der Waals surface area contributed by atoms with Crippen LogP contribution in [0.1, 0.15) is 18.5 Å². The van der Waals surface area contributed by atoms with Gasteiger partial charge in [0.1, 0.15) is 5.65 Å². The van der Waals surface area contributed by atoms with E-state index < -0.39 is 0 Å². The van der Waals surface area contributed by atoms with Crippen molar-refractivity contribution < 1.29 is 4.74 Å². The van der Waals surface area contributed by atoms with E-state index in [4.69, 9.17) is 16.3 Å². The van der Waals surface area contributed by atoms with Gasteiger partial charge in [0.2, 0.25) is 5.28 Å². The van der Waals surface area contributed by atoms with Gasteiger partial charge in [-0.1, -0.05) is 0 Å². The monoisotopic (exact) mass is 276 g/mol. The minimum atomic E-state index is -0.0121. The summed E-state index contributed by atoms with van der Waals surface area (Å²) in [6.45, 7) is 2.33. The molecule has 98 valence electrons. The summed E-state index contributed by atoms with van der Waals surface area (Å²) >= 11 is 5.95. The molecule has 1 saturated heterocycles. The molecule has 0 N–H and O–H groups in total. The van der Waals surface area contributed by atoms with Gasteiger partial charge in [0, 0.05) is 31.0 Å². The summed E-state index contributed by atoms with van der Waals surface area (Å²) in [6.07, 6.45) is 5.61. The fourth-order valence-corrected chi connectivity index (χ4v) is 3.22. The maximum Gasteiger partial charge on any atom is 0.224 e. The van der Waals surface area contributed by atoms with Crippen LogP contribution in [0.25, 0.3) is 11.0 Å². The summed E-state index contributed by atoms with van der Waals surface area (Å²) in [5, 5.41) is 1.30. The van der Waals surface area contributed by atoms with Gasteiger partial charge in [0.25, 0.3) is 0 Å². The fraction of sp³-hybridized carbons (Fsp3) is 0.462. The molecule has 19 heavy (non-hydrogen) atoms. The van der Waals surface area contributed by atoms with Crippen molar-refractivity contribution in [2.24, 2.45) is 4.99 Å². The van der Waals surface area contributed by atoms with E-state index in [1.54, 1.807) is 6.20 Å². The molecule has 0 aliphatic carbocycles. The molecule has 0 amide bonds. The Labute approximate surface area is 115 Å². The van der Waals surface area contributed by atoms with Gasteiger partial charge in [0.15, 0.2) is 0 Å². The molecule has 1 spiro atoms. The van der Waals surface area contributed by atoms with Crippen molar-refractivity contribution in [3.63, 3.8) is 0 Å². The standard InChI is InChI=1S/C13H13ClN4O/c14-12-16-6-9-5-10-7-15-8-13(1-3-19-4-2-13)18(10)11(9)17-12/h5-7H,1-4,8H2. The van der Waals surface area contributed by atoms with E-state index in [9.17, 15) is 0 Å². The van der Waals surface area contributed by atoms with Crippen LogP contribution in [-0.4, -0.2) is 40.5 Å². The lowest BCUT2D eigenvalue weighted by Crippen LogP contribution is -2.44. The molecule has 5 nitrogen and oxygen atoms in total. The first kappa shape index (κ1) is 11.4. The fourth-order valence-electron chi connectivity index (χ4n) is 3.09. The summed E-state index contributed by atoms with van der Waals surface area (Å²) in [6, 6.07) is 2.07. The highest BCUT2D eigenvalue weighted by atomic mass is 35.5. The van der Waals surface area contributed by atoms with Crippen LogP contribution in [0.2, 0.25) is 5.28 Å². The van der Waals surface area contributed by atoms with E-state index in [-0.39, 0.29) is 10.8 Å². The van der Waals surface area contributed by atoms with Crippen LogP contribution in [0.4, 0.5) is 0 Å². The zero-order chi connectivity index (χ0) is 12.9. The highest BCUT2D eigenvalue weighted by Crippen LogP contribution is 2.36. The van der Waals surface area contributed by atoms with Crippen molar-refractivity contribution in [1.82, 2.24) is 14.5 Å². The van der Waals surface area contributed by atoms with Gasteiger partial charge >= 0.3 is 0 Å². The third kappa shape index (κ3) is 1.61. The van der Waals surface area contributed by atoms with Crippen LogP contribution >= 0.6 is 11.6 Å². The average Bonchev–Trinajstić information content (AvgIpc) is 2.79. The molecule has 2 aromatic rings. The van der Waals surface area contributed by atoms with Crippen LogP contribution in [0.3, 0.4) is 0 Å². The largest absolute Gasteiger partial charge is 0.381 e. The first-order valence-electron chi connectivity index (χ1n) is 6.41. The quantitative estimate of drug-likeness (QED) is 0.692. The van der Waals surface area contributed by atoms with Crippen LogP contribution in [-0.2, 0) is 10.3 Å². The van der Waals surface area contributed by atoms with Crippen molar-refractivity contribution in [2.75, 3.05) is 19.8 Å². The zero-order valence-electron chi connectivity index (χ0n) is 10.3. The Kier molecular flexibility index (Phi) is 2.40. The molecular weight excluding hydrogens is 264 g/mol. The Morgan fingerprint density at radius 2 is 2.16 bits per heavy atom. The lowest BCUT2D eigenvalue weighted by atomic mass is 9.88. The van der Waals surface area contributed by atoms with Crippen molar-refractivity contribution in [3.8, 4) is 0 Å². The minimum Gasteiger partial charge on any atom is -0.381 e. The Hall–Kier alpha value is -1.46. The smallest absolute Gasteiger partial charge is 0.224 e. The minimum absolute atomic E-state index is 0.0121. The van der Waals surface area contributed by atoms with Gasteiger partial charge in [-0.3, -0.25) is 4.99 Å². The maximum atomic E-state index is 5.95. The normalized spacial score (nSPS) is 20.9. The number of nitrogens with zero attached hydrogens (tertiary/aromatic N) is 4. The third-order valence-electron chi connectivity index (χ3n) is 4.05. The highest BCUT2D eigenvalue weighted by molar-refractivity contribution is 6.28. The van der Waals surface area contributed by atoms with Gasteiger partial charge < -0.3 is 9.30 Å². The lowest BCUT2D eigenvalue weighted by molar-refractivity contribution is 0.0257. The van der Waals surface area contributed by atoms with Crippen LogP contribution < -0.4 is 0 Å². The summed E-state index contributed by atoms with van der Waals surface area (Å²) in [4.78, 5) is 13.0. The Morgan fingerprint density at radius 3 is 3.00 bits per heavy atom. The van der Waals surface area contributed by atoms with Crippen molar-refractivity contribution in [3.05, 3.63) is 23.2 Å². The number of halogens is 1. The molecule has 0 aromatic carbocycles. The Morgan fingerprint density at radius 1 is 1.32 bits per heavy atom. The third-order valence-corrected chi connectivity index (χ3v) is 4.23. The number of rotatable bonds is 0. The predicted molar refractivity (Wildman–Crippen MR) is 73.0 cm³/mol. The number of hydrogen-bond donors (Lipinski definition) is 0. The first-order valence-corrected chi connectivity index (χ1v) is 6.78. The molecule has 2 aliphatic rings. The van der Waals surface area contributed by atoms with E-state index in [0.29, 0.717) is 0 Å². The van der Waals surface area contributed by atoms with E-state index in [0.717, 1.165) is 49.3 Å². The molecule has 0 radical (unpaired) electrons. The SMILES string of the molecule is Clc1ncc2cc3n(c2n1)C1(CCOCC1)CN=C3. The molecule has 4 heterocycles. The van der Waals surface area contributed by atoms with E-state index in [1.807, 2.05) is 6.21 Å². The van der Waals surface area contributed by atoms with E-state index >= 15 is 0 Å². The van der Waals surface area contributed by atoms with E-state index in [1.165, 1.54) is 0 Å². The second kappa shape index (κ2) is 4.02. The van der Waals surface area contributed by atoms with Gasteiger partial charge in [-0.15, -0.1) is 0 Å². The van der Waals surface area contributed by atoms with Gasteiger partial charge in [-0.2, -0.15) is 4.98 Å². The van der Waals surface area contributed by atoms with E-state index in [2.05, 4.69) is 25.6 Å². The molecule has 0 atom stereocenters. The summed E-state index contributed by atoms with van der Waals surface area (Å²) in [5.41, 5.74) is 1.98. The topological polar surface area (TPSA) is 52.3 Å². The van der Waals surface area contributed by atoms with Gasteiger partial charge in [-0.25, -0.2) is 4.98 Å². The molecule has 2 aromatic heterocycles. The second-order valence-corrected chi connectivity index (χ2v) is 5.47. The summed E-state index contributed by atoms with van der Waals surface area (Å²) in [5.74, 6) is 0. The summed E-state index contributed by atoms with van der Waals surface area (Å²) < 4.78 is 7.78.